The average Bonchev–Trinajstić information content (AvgIpc) is 3.02. The highest BCUT2D eigenvalue weighted by atomic mass is 19.2. The van der Waals surface area contributed by atoms with E-state index in [0.29, 0.717) is 0 Å². The van der Waals surface area contributed by atoms with E-state index in [1.165, 1.54) is 11.8 Å². The minimum atomic E-state index is -1.54. The highest BCUT2D eigenvalue weighted by molar-refractivity contribution is 5.92. The zero-order valence-corrected chi connectivity index (χ0v) is 8.64. The van der Waals surface area contributed by atoms with Gasteiger partial charge < -0.3 is 4.90 Å². The van der Waals surface area contributed by atoms with Gasteiger partial charge in [-0.15, -0.1) is 0 Å². The molecular weight excluding hydrogens is 219 g/mol. The van der Waals surface area contributed by atoms with Gasteiger partial charge in [0, 0.05) is 13.0 Å². The van der Waals surface area contributed by atoms with E-state index < -0.39 is 17.5 Å². The van der Waals surface area contributed by atoms with Crippen LogP contribution in [0.15, 0.2) is 12.1 Å². The van der Waals surface area contributed by atoms with E-state index in [0.717, 1.165) is 25.0 Å². The second kappa shape index (κ2) is 3.81. The van der Waals surface area contributed by atoms with Crippen molar-refractivity contribution in [3.05, 3.63) is 29.6 Å². The van der Waals surface area contributed by atoms with Crippen LogP contribution in [0.2, 0.25) is 0 Å². The number of benzene rings is 1. The molecule has 86 valence electrons. The van der Waals surface area contributed by atoms with Crippen molar-refractivity contribution in [2.75, 3.05) is 4.90 Å². The molecule has 1 saturated carbocycles. The number of halogens is 3. The van der Waals surface area contributed by atoms with Crippen molar-refractivity contribution < 1.29 is 18.0 Å². The predicted octanol–water partition coefficient (Wildman–Crippen LogP) is 2.62. The predicted molar refractivity (Wildman–Crippen MR) is 52.5 cm³/mol. The lowest BCUT2D eigenvalue weighted by Crippen LogP contribution is -2.31. The van der Waals surface area contributed by atoms with E-state index in [1.807, 2.05) is 0 Å². The average molecular weight is 229 g/mol. The first kappa shape index (κ1) is 11.0. The number of hydrogen-bond acceptors (Lipinski definition) is 1. The van der Waals surface area contributed by atoms with Crippen molar-refractivity contribution in [2.24, 2.45) is 0 Å². The molecule has 0 heterocycles. The highest BCUT2D eigenvalue weighted by Gasteiger charge is 2.34. The number of carbonyl (C=O) groups excluding carboxylic acids is 1. The van der Waals surface area contributed by atoms with Crippen LogP contribution in [0, 0.1) is 17.5 Å². The summed E-state index contributed by atoms with van der Waals surface area (Å²) in [6.07, 6.45) is 1.52. The summed E-state index contributed by atoms with van der Waals surface area (Å²) in [5, 5.41) is 0. The SMILES string of the molecule is CC(=O)N(c1ccc(F)c(F)c1F)C1CC1. The highest BCUT2D eigenvalue weighted by Crippen LogP contribution is 2.34. The normalized spacial score (nSPS) is 15.0. The summed E-state index contributed by atoms with van der Waals surface area (Å²) in [5.41, 5.74) is -0.186. The van der Waals surface area contributed by atoms with Crippen LogP contribution in [-0.2, 0) is 4.79 Å². The van der Waals surface area contributed by atoms with Gasteiger partial charge in [0.2, 0.25) is 5.91 Å². The summed E-state index contributed by atoms with van der Waals surface area (Å²) in [6.45, 7) is 1.28. The second-order valence-electron chi connectivity index (χ2n) is 3.81. The molecule has 1 aliphatic carbocycles. The van der Waals surface area contributed by atoms with E-state index in [4.69, 9.17) is 0 Å². The molecule has 16 heavy (non-hydrogen) atoms. The summed E-state index contributed by atoms with van der Waals surface area (Å²) in [6, 6.07) is 1.83. The lowest BCUT2D eigenvalue weighted by atomic mass is 10.2. The zero-order chi connectivity index (χ0) is 11.9. The standard InChI is InChI=1S/C11H10F3NO/c1-6(16)15(7-2-3-7)9-5-4-8(12)10(13)11(9)14/h4-5,7H,2-3H2,1H3. The number of nitrogens with zero attached hydrogens (tertiary/aromatic N) is 1. The Labute approximate surface area is 90.7 Å². The molecule has 1 amide bonds. The van der Waals surface area contributed by atoms with E-state index in [1.54, 1.807) is 0 Å². The van der Waals surface area contributed by atoms with Crippen molar-refractivity contribution in [3.8, 4) is 0 Å². The van der Waals surface area contributed by atoms with Crippen LogP contribution in [0.4, 0.5) is 18.9 Å². The fourth-order valence-corrected chi connectivity index (χ4v) is 1.66. The fraction of sp³-hybridized carbons (Fsp3) is 0.364. The summed E-state index contributed by atoms with van der Waals surface area (Å²) in [5.74, 6) is -4.46. The van der Waals surface area contributed by atoms with Gasteiger partial charge >= 0.3 is 0 Å². The molecule has 0 bridgehead atoms. The molecule has 1 aromatic rings. The maximum absolute atomic E-state index is 13.5. The van der Waals surface area contributed by atoms with Crippen molar-refractivity contribution in [3.63, 3.8) is 0 Å². The smallest absolute Gasteiger partial charge is 0.224 e. The molecule has 0 radical (unpaired) electrons. The van der Waals surface area contributed by atoms with Crippen LogP contribution >= 0.6 is 0 Å². The van der Waals surface area contributed by atoms with Gasteiger partial charge in [-0.1, -0.05) is 0 Å². The number of carbonyl (C=O) groups is 1. The molecule has 2 nitrogen and oxygen atoms in total. The monoisotopic (exact) mass is 229 g/mol. The van der Waals surface area contributed by atoms with Crippen molar-refractivity contribution in [2.45, 2.75) is 25.8 Å². The maximum Gasteiger partial charge on any atom is 0.224 e. The maximum atomic E-state index is 13.5. The van der Waals surface area contributed by atoms with E-state index in [2.05, 4.69) is 0 Å². The van der Waals surface area contributed by atoms with Gasteiger partial charge in [0.25, 0.3) is 0 Å². The Morgan fingerprint density at radius 3 is 2.38 bits per heavy atom. The van der Waals surface area contributed by atoms with Gasteiger partial charge in [0.05, 0.1) is 5.69 Å². The van der Waals surface area contributed by atoms with Crippen molar-refractivity contribution in [1.82, 2.24) is 0 Å². The molecular formula is C11H10F3NO. The number of amides is 1. The number of hydrogen-bond donors (Lipinski definition) is 0. The lowest BCUT2D eigenvalue weighted by Gasteiger charge is -2.21. The quantitative estimate of drug-likeness (QED) is 0.714. The van der Waals surface area contributed by atoms with Gasteiger partial charge in [-0.05, 0) is 25.0 Å². The molecule has 0 aromatic heterocycles. The van der Waals surface area contributed by atoms with Gasteiger partial charge in [-0.2, -0.15) is 0 Å². The molecule has 1 aliphatic rings. The van der Waals surface area contributed by atoms with Crippen LogP contribution in [0.3, 0.4) is 0 Å². The molecule has 0 N–H and O–H groups in total. The summed E-state index contributed by atoms with van der Waals surface area (Å²) in [7, 11) is 0. The lowest BCUT2D eigenvalue weighted by molar-refractivity contribution is -0.116. The minimum absolute atomic E-state index is 0.0862. The fourth-order valence-electron chi connectivity index (χ4n) is 1.66. The Hall–Kier alpha value is -1.52. The third-order valence-corrected chi connectivity index (χ3v) is 2.53. The van der Waals surface area contributed by atoms with E-state index >= 15 is 0 Å². The zero-order valence-electron chi connectivity index (χ0n) is 8.64. The Kier molecular flexibility index (Phi) is 2.61. The van der Waals surface area contributed by atoms with Gasteiger partial charge in [-0.25, -0.2) is 13.2 Å². The molecule has 5 heteroatoms. The summed E-state index contributed by atoms with van der Waals surface area (Å²) < 4.78 is 39.2. The van der Waals surface area contributed by atoms with Crippen molar-refractivity contribution in [1.29, 1.82) is 0 Å². The Morgan fingerprint density at radius 2 is 1.88 bits per heavy atom. The van der Waals surface area contributed by atoms with Crippen LogP contribution in [0.1, 0.15) is 19.8 Å². The molecule has 2 rings (SSSR count). The largest absolute Gasteiger partial charge is 0.307 e. The first-order valence-electron chi connectivity index (χ1n) is 4.95. The Bertz CT molecular complexity index is 443. The first-order valence-corrected chi connectivity index (χ1v) is 4.95. The third-order valence-electron chi connectivity index (χ3n) is 2.53. The molecule has 0 unspecified atom stereocenters. The first-order chi connectivity index (χ1) is 7.52. The molecule has 0 saturated heterocycles. The molecule has 0 aliphatic heterocycles. The van der Waals surface area contributed by atoms with Gasteiger partial charge in [0.15, 0.2) is 17.5 Å². The van der Waals surface area contributed by atoms with E-state index in [-0.39, 0.29) is 17.6 Å². The van der Waals surface area contributed by atoms with Crippen LogP contribution in [-0.4, -0.2) is 11.9 Å². The molecule has 1 aromatic carbocycles. The topological polar surface area (TPSA) is 20.3 Å². The summed E-state index contributed by atoms with van der Waals surface area (Å²) in [4.78, 5) is 12.5. The third kappa shape index (κ3) is 1.77. The van der Waals surface area contributed by atoms with Crippen LogP contribution in [0.5, 0.6) is 0 Å². The Balaban J connectivity index is 2.45. The van der Waals surface area contributed by atoms with Crippen LogP contribution < -0.4 is 4.90 Å². The van der Waals surface area contributed by atoms with Crippen molar-refractivity contribution >= 4 is 11.6 Å². The van der Waals surface area contributed by atoms with Gasteiger partial charge in [0.1, 0.15) is 0 Å². The number of rotatable bonds is 2. The van der Waals surface area contributed by atoms with Crippen LogP contribution in [0.25, 0.3) is 0 Å². The van der Waals surface area contributed by atoms with Gasteiger partial charge in [-0.3, -0.25) is 4.79 Å². The molecule has 0 atom stereocenters. The molecule has 0 spiro atoms. The minimum Gasteiger partial charge on any atom is -0.307 e. The second-order valence-corrected chi connectivity index (χ2v) is 3.81. The van der Waals surface area contributed by atoms with E-state index in [9.17, 15) is 18.0 Å². The summed E-state index contributed by atoms with van der Waals surface area (Å²) >= 11 is 0. The Morgan fingerprint density at radius 1 is 1.25 bits per heavy atom. The number of anilines is 1. The molecule has 1 fully saturated rings.